The quantitative estimate of drug-likeness (QED) is 0.729. The molecule has 2 aromatic carbocycles. The largest absolute Gasteiger partial charge is 0.478 e. The number of hydrogen-bond donors (Lipinski definition) is 1. The lowest BCUT2D eigenvalue weighted by molar-refractivity contribution is 0.0699. The van der Waals surface area contributed by atoms with Gasteiger partial charge in [-0.2, -0.15) is 0 Å². The molecule has 0 radical (unpaired) electrons. The van der Waals surface area contributed by atoms with Crippen molar-refractivity contribution in [2.24, 2.45) is 0 Å². The van der Waals surface area contributed by atoms with Crippen LogP contribution < -0.4 is 11.3 Å². The van der Waals surface area contributed by atoms with Crippen molar-refractivity contribution in [2.45, 2.75) is 0 Å². The highest BCUT2D eigenvalue weighted by molar-refractivity contribution is 6.11. The van der Waals surface area contributed by atoms with Gasteiger partial charge >= 0.3 is 17.2 Å². The highest BCUT2D eigenvalue weighted by Crippen LogP contribution is 2.22. The standard InChI is InChI=1S/C15H8O5/c16-13(17)11-7-3-6-9-8-4-1-2-5-10(8)14(18)20-15(19)12(9)11/h1-7H,(H,16,17). The molecule has 0 saturated heterocycles. The van der Waals surface area contributed by atoms with E-state index in [1.54, 1.807) is 24.3 Å². The third-order valence-electron chi connectivity index (χ3n) is 3.12. The average molecular weight is 268 g/mol. The Morgan fingerprint density at radius 2 is 1.50 bits per heavy atom. The Hall–Kier alpha value is -2.95. The molecule has 0 aliphatic heterocycles. The van der Waals surface area contributed by atoms with Crippen LogP contribution in [0.25, 0.3) is 21.5 Å². The fraction of sp³-hybridized carbons (Fsp3) is 0. The Balaban J connectivity index is 2.78. The molecule has 1 heterocycles. The Labute approximate surface area is 111 Å². The summed E-state index contributed by atoms with van der Waals surface area (Å²) in [4.78, 5) is 35.1. The molecule has 3 rings (SSSR count). The van der Waals surface area contributed by atoms with Gasteiger partial charge < -0.3 is 9.52 Å². The molecule has 0 aliphatic carbocycles. The zero-order valence-corrected chi connectivity index (χ0v) is 10.1. The van der Waals surface area contributed by atoms with Crippen LogP contribution in [0.3, 0.4) is 0 Å². The molecule has 0 amide bonds. The predicted octanol–water partition coefficient (Wildman–Crippen LogP) is 2.00. The van der Waals surface area contributed by atoms with Crippen LogP contribution in [0, 0.1) is 0 Å². The van der Waals surface area contributed by atoms with Crippen LogP contribution in [-0.4, -0.2) is 11.1 Å². The van der Waals surface area contributed by atoms with Gasteiger partial charge in [0.2, 0.25) is 0 Å². The summed E-state index contributed by atoms with van der Waals surface area (Å²) in [5, 5.41) is 10.2. The molecule has 0 atom stereocenters. The molecule has 1 aromatic heterocycles. The van der Waals surface area contributed by atoms with Gasteiger partial charge in [0.15, 0.2) is 0 Å². The number of rotatable bonds is 1. The van der Waals surface area contributed by atoms with Crippen LogP contribution in [0.1, 0.15) is 10.4 Å². The van der Waals surface area contributed by atoms with Crippen molar-refractivity contribution in [3.05, 3.63) is 68.9 Å². The second kappa shape index (κ2) is 4.31. The summed E-state index contributed by atoms with van der Waals surface area (Å²) in [6.45, 7) is 0. The van der Waals surface area contributed by atoms with Crippen molar-refractivity contribution in [3.63, 3.8) is 0 Å². The van der Waals surface area contributed by atoms with E-state index < -0.39 is 17.2 Å². The molecule has 0 fully saturated rings. The minimum atomic E-state index is -1.24. The van der Waals surface area contributed by atoms with Crippen LogP contribution in [0.2, 0.25) is 0 Å². The minimum Gasteiger partial charge on any atom is -0.478 e. The number of carboxylic acids is 1. The van der Waals surface area contributed by atoms with Crippen molar-refractivity contribution >= 4 is 27.5 Å². The molecule has 5 nitrogen and oxygen atoms in total. The van der Waals surface area contributed by atoms with E-state index in [4.69, 9.17) is 4.42 Å². The van der Waals surface area contributed by atoms with Gasteiger partial charge in [-0.05, 0) is 22.9 Å². The van der Waals surface area contributed by atoms with E-state index in [1.165, 1.54) is 18.2 Å². The topological polar surface area (TPSA) is 84.6 Å². The fourth-order valence-corrected chi connectivity index (χ4v) is 2.26. The van der Waals surface area contributed by atoms with Crippen molar-refractivity contribution < 1.29 is 14.3 Å². The number of carbonyl (C=O) groups is 1. The third-order valence-corrected chi connectivity index (χ3v) is 3.12. The molecule has 0 bridgehead atoms. The SMILES string of the molecule is O=C(O)c1cccc2c1c(=O)oc(=O)c1ccccc12. The summed E-state index contributed by atoms with van der Waals surface area (Å²) >= 11 is 0. The summed E-state index contributed by atoms with van der Waals surface area (Å²) in [5.74, 6) is -1.24. The van der Waals surface area contributed by atoms with E-state index in [-0.39, 0.29) is 16.3 Å². The van der Waals surface area contributed by atoms with Gasteiger partial charge in [0.1, 0.15) is 0 Å². The van der Waals surface area contributed by atoms with Crippen molar-refractivity contribution in [1.29, 1.82) is 0 Å². The predicted molar refractivity (Wildman–Crippen MR) is 73.2 cm³/mol. The molecule has 20 heavy (non-hydrogen) atoms. The Morgan fingerprint density at radius 1 is 0.850 bits per heavy atom. The van der Waals surface area contributed by atoms with E-state index in [2.05, 4.69) is 0 Å². The van der Waals surface area contributed by atoms with Crippen molar-refractivity contribution in [3.8, 4) is 0 Å². The maximum absolute atomic E-state index is 12.0. The Bertz CT molecular complexity index is 969. The summed E-state index contributed by atoms with van der Waals surface area (Å²) in [7, 11) is 0. The maximum atomic E-state index is 12.0. The number of benzene rings is 2. The monoisotopic (exact) mass is 268 g/mol. The first kappa shape index (κ1) is 12.1. The van der Waals surface area contributed by atoms with Crippen LogP contribution in [-0.2, 0) is 0 Å². The second-order valence-corrected chi connectivity index (χ2v) is 4.26. The first-order valence-electron chi connectivity index (χ1n) is 5.82. The van der Waals surface area contributed by atoms with E-state index >= 15 is 0 Å². The van der Waals surface area contributed by atoms with E-state index in [9.17, 15) is 19.5 Å². The molecular formula is C15H8O5. The normalized spacial score (nSPS) is 10.8. The van der Waals surface area contributed by atoms with Crippen LogP contribution in [0.4, 0.5) is 0 Å². The number of fused-ring (bicyclic) bond motifs is 3. The van der Waals surface area contributed by atoms with Gasteiger partial charge in [0.25, 0.3) is 0 Å². The lowest BCUT2D eigenvalue weighted by Crippen LogP contribution is -2.08. The van der Waals surface area contributed by atoms with Gasteiger partial charge in [-0.1, -0.05) is 30.3 Å². The van der Waals surface area contributed by atoms with Crippen LogP contribution >= 0.6 is 0 Å². The van der Waals surface area contributed by atoms with E-state index in [0.29, 0.717) is 10.8 Å². The first-order chi connectivity index (χ1) is 9.59. The summed E-state index contributed by atoms with van der Waals surface area (Å²) in [6.07, 6.45) is 0. The molecule has 1 N–H and O–H groups in total. The second-order valence-electron chi connectivity index (χ2n) is 4.26. The molecule has 0 spiro atoms. The van der Waals surface area contributed by atoms with Crippen molar-refractivity contribution in [1.82, 2.24) is 0 Å². The molecule has 0 saturated carbocycles. The van der Waals surface area contributed by atoms with Crippen molar-refractivity contribution in [2.75, 3.05) is 0 Å². The maximum Gasteiger partial charge on any atom is 0.347 e. The van der Waals surface area contributed by atoms with Gasteiger partial charge in [0.05, 0.1) is 16.3 Å². The number of carboxylic acid groups (broad SMARTS) is 1. The molecule has 0 aliphatic rings. The average Bonchev–Trinajstić information content (AvgIpc) is 2.55. The van der Waals surface area contributed by atoms with E-state index in [1.807, 2.05) is 0 Å². The summed E-state index contributed by atoms with van der Waals surface area (Å²) < 4.78 is 4.71. The summed E-state index contributed by atoms with van der Waals surface area (Å²) in [5.41, 5.74) is -1.91. The molecule has 0 unspecified atom stereocenters. The smallest absolute Gasteiger partial charge is 0.347 e. The Kier molecular flexibility index (Phi) is 2.61. The minimum absolute atomic E-state index is 0.0988. The number of aromatic carboxylic acids is 1. The zero-order valence-electron chi connectivity index (χ0n) is 10.1. The van der Waals surface area contributed by atoms with Gasteiger partial charge in [-0.25, -0.2) is 14.4 Å². The molecule has 98 valence electrons. The van der Waals surface area contributed by atoms with Crippen LogP contribution in [0.5, 0.6) is 0 Å². The number of hydrogen-bond acceptors (Lipinski definition) is 4. The molecule has 3 aromatic rings. The first-order valence-corrected chi connectivity index (χ1v) is 5.82. The highest BCUT2D eigenvalue weighted by atomic mass is 16.4. The van der Waals surface area contributed by atoms with Gasteiger partial charge in [0, 0.05) is 0 Å². The lowest BCUT2D eigenvalue weighted by atomic mass is 10.0. The highest BCUT2D eigenvalue weighted by Gasteiger charge is 2.14. The van der Waals surface area contributed by atoms with Gasteiger partial charge in [-0.3, -0.25) is 0 Å². The third kappa shape index (κ3) is 1.68. The van der Waals surface area contributed by atoms with Gasteiger partial charge in [-0.15, -0.1) is 0 Å². The molecular weight excluding hydrogens is 260 g/mol. The molecule has 5 heteroatoms. The Morgan fingerprint density at radius 3 is 2.20 bits per heavy atom. The summed E-state index contributed by atoms with van der Waals surface area (Å²) in [6, 6.07) is 11.0. The van der Waals surface area contributed by atoms with E-state index in [0.717, 1.165) is 0 Å². The lowest BCUT2D eigenvalue weighted by Gasteiger charge is -1.99. The van der Waals surface area contributed by atoms with Crippen LogP contribution in [0.15, 0.2) is 56.5 Å². The zero-order chi connectivity index (χ0) is 14.3. The fourth-order valence-electron chi connectivity index (χ4n) is 2.26.